The standard InChI is InChI=1S/C35H45N5.C2H6/c1-25(2)12-11-17-34(4)24-35(34,5)29-16-10-15-28(22-29)30-23-31(40-20-18-39(6)19-21-40)38-33(37-30)32(26(3)36)27-13-8-7-9-14-27;1-2/h8-11,13,15-17,22-23,25H,12,14,18-21,24,36H2,1-6H3;1-2H3/b17-11-,32-26-;. The Labute approximate surface area is 254 Å². The first-order valence-corrected chi connectivity index (χ1v) is 15.8. The zero-order valence-corrected chi connectivity index (χ0v) is 27.2. The Morgan fingerprint density at radius 3 is 2.48 bits per heavy atom. The highest BCUT2D eigenvalue weighted by molar-refractivity contribution is 5.80. The molecule has 5 heteroatoms. The van der Waals surface area contributed by atoms with Crippen LogP contribution in [0.25, 0.3) is 16.8 Å². The van der Waals surface area contributed by atoms with Crippen LogP contribution in [0, 0.1) is 11.3 Å². The minimum atomic E-state index is 0.122. The Morgan fingerprint density at radius 1 is 1.10 bits per heavy atom. The minimum Gasteiger partial charge on any atom is -0.402 e. The molecule has 2 unspecified atom stereocenters. The summed E-state index contributed by atoms with van der Waals surface area (Å²) in [6.07, 6.45) is 14.0. The van der Waals surface area contributed by atoms with Crippen LogP contribution in [0.3, 0.4) is 0 Å². The van der Waals surface area contributed by atoms with Crippen LogP contribution in [-0.4, -0.2) is 48.1 Å². The van der Waals surface area contributed by atoms with Crippen LogP contribution in [0.1, 0.15) is 79.1 Å². The maximum atomic E-state index is 6.50. The maximum absolute atomic E-state index is 6.50. The van der Waals surface area contributed by atoms with Crippen molar-refractivity contribution in [2.75, 3.05) is 38.1 Å². The number of likely N-dealkylation sites (N-methyl/N-ethyl adjacent to an activating group) is 1. The third-order valence-corrected chi connectivity index (χ3v) is 9.04. The summed E-state index contributed by atoms with van der Waals surface area (Å²) in [5, 5.41) is 0. The van der Waals surface area contributed by atoms with E-state index in [4.69, 9.17) is 15.7 Å². The van der Waals surface area contributed by atoms with Gasteiger partial charge in [-0.2, -0.15) is 0 Å². The van der Waals surface area contributed by atoms with Gasteiger partial charge in [-0.1, -0.05) is 78.0 Å². The summed E-state index contributed by atoms with van der Waals surface area (Å²) in [6.45, 7) is 19.2. The van der Waals surface area contributed by atoms with Crippen molar-refractivity contribution in [1.29, 1.82) is 0 Å². The molecular formula is C37H51N5. The normalized spacial score (nSPS) is 24.4. The van der Waals surface area contributed by atoms with Crippen LogP contribution in [0.4, 0.5) is 5.82 Å². The number of allylic oxidation sites excluding steroid dienone is 7. The summed E-state index contributed by atoms with van der Waals surface area (Å²) >= 11 is 0. The lowest BCUT2D eigenvalue weighted by molar-refractivity contribution is 0.312. The molecule has 224 valence electrons. The fourth-order valence-corrected chi connectivity index (χ4v) is 6.09. The minimum absolute atomic E-state index is 0.122. The highest BCUT2D eigenvalue weighted by atomic mass is 15.3. The van der Waals surface area contributed by atoms with Crippen molar-refractivity contribution in [2.45, 2.75) is 73.1 Å². The molecule has 5 rings (SSSR count). The number of hydrogen-bond donors (Lipinski definition) is 1. The van der Waals surface area contributed by atoms with Crippen molar-refractivity contribution in [2.24, 2.45) is 17.1 Å². The summed E-state index contributed by atoms with van der Waals surface area (Å²) in [5.41, 5.74) is 16.2. The van der Waals surface area contributed by atoms with Crippen molar-refractivity contribution < 1.29 is 0 Å². The predicted octanol–water partition coefficient (Wildman–Crippen LogP) is 7.92. The Kier molecular flexibility index (Phi) is 9.97. The first-order valence-electron chi connectivity index (χ1n) is 15.8. The van der Waals surface area contributed by atoms with Gasteiger partial charge in [-0.15, -0.1) is 5.73 Å². The van der Waals surface area contributed by atoms with Crippen molar-refractivity contribution in [3.8, 4) is 11.3 Å². The van der Waals surface area contributed by atoms with Gasteiger partial charge >= 0.3 is 0 Å². The van der Waals surface area contributed by atoms with Gasteiger partial charge in [-0.05, 0) is 73.9 Å². The van der Waals surface area contributed by atoms with Gasteiger partial charge in [-0.3, -0.25) is 0 Å². The molecule has 0 amide bonds. The summed E-state index contributed by atoms with van der Waals surface area (Å²) in [6, 6.07) is 11.2. The van der Waals surface area contributed by atoms with Crippen LogP contribution >= 0.6 is 0 Å². The number of aromatic nitrogens is 2. The summed E-state index contributed by atoms with van der Waals surface area (Å²) in [5.74, 6) is 2.35. The number of rotatable bonds is 8. The van der Waals surface area contributed by atoms with E-state index in [1.165, 1.54) is 5.56 Å². The molecule has 1 saturated carbocycles. The van der Waals surface area contributed by atoms with Crippen LogP contribution in [0.5, 0.6) is 0 Å². The first kappa shape index (κ1) is 31.5. The molecule has 2 N–H and O–H groups in total. The molecule has 0 spiro atoms. The monoisotopic (exact) mass is 565 g/mol. The lowest BCUT2D eigenvalue weighted by Gasteiger charge is -2.33. The topological polar surface area (TPSA) is 58.3 Å². The van der Waals surface area contributed by atoms with Gasteiger partial charge in [0.25, 0.3) is 0 Å². The van der Waals surface area contributed by atoms with Gasteiger partial charge in [0.1, 0.15) is 5.82 Å². The number of anilines is 1. The molecule has 1 aromatic carbocycles. The van der Waals surface area contributed by atoms with E-state index in [-0.39, 0.29) is 10.8 Å². The second-order valence-corrected chi connectivity index (χ2v) is 12.8. The Bertz CT molecular complexity index is 1410. The third kappa shape index (κ3) is 6.80. The van der Waals surface area contributed by atoms with Crippen LogP contribution in [0.15, 0.2) is 77.7 Å². The first-order chi connectivity index (χ1) is 20.1. The third-order valence-electron chi connectivity index (χ3n) is 9.04. The van der Waals surface area contributed by atoms with Gasteiger partial charge in [0.05, 0.1) is 5.69 Å². The molecule has 42 heavy (non-hydrogen) atoms. The Balaban J connectivity index is 0.00000198. The highest BCUT2D eigenvalue weighted by Gasteiger charge is 2.59. The van der Waals surface area contributed by atoms with E-state index in [9.17, 15) is 0 Å². The zero-order chi connectivity index (χ0) is 30.5. The van der Waals surface area contributed by atoms with E-state index in [2.05, 4.69) is 98.8 Å². The van der Waals surface area contributed by atoms with Crippen molar-refractivity contribution in [3.63, 3.8) is 0 Å². The summed E-state index contributed by atoms with van der Waals surface area (Å²) < 4.78 is 0. The molecule has 2 aromatic rings. The fraction of sp³-hybridized carbons (Fsp3) is 0.486. The maximum Gasteiger partial charge on any atom is 0.164 e. The molecule has 0 radical (unpaired) electrons. The molecule has 2 atom stereocenters. The number of benzene rings is 1. The van der Waals surface area contributed by atoms with Crippen LogP contribution in [-0.2, 0) is 5.41 Å². The molecule has 2 fully saturated rings. The smallest absolute Gasteiger partial charge is 0.164 e. The largest absolute Gasteiger partial charge is 0.402 e. The highest BCUT2D eigenvalue weighted by Crippen LogP contribution is 2.65. The molecule has 1 saturated heterocycles. The van der Waals surface area contributed by atoms with E-state index in [0.717, 1.165) is 79.4 Å². The van der Waals surface area contributed by atoms with Gasteiger partial charge in [0.2, 0.25) is 0 Å². The molecule has 2 aliphatic carbocycles. The molecular weight excluding hydrogens is 514 g/mol. The van der Waals surface area contributed by atoms with E-state index in [1.54, 1.807) is 0 Å². The van der Waals surface area contributed by atoms with Gasteiger partial charge in [-0.25, -0.2) is 9.97 Å². The molecule has 0 bridgehead atoms. The quantitative estimate of drug-likeness (QED) is 0.260. The number of hydrogen-bond acceptors (Lipinski definition) is 5. The summed E-state index contributed by atoms with van der Waals surface area (Å²) in [4.78, 5) is 15.0. The molecule has 3 aliphatic rings. The molecule has 5 nitrogen and oxygen atoms in total. The predicted molar refractivity (Wildman–Crippen MR) is 179 cm³/mol. The Hall–Kier alpha value is -3.40. The average molecular weight is 566 g/mol. The SMILES string of the molecule is C/C(N)=C(\C1=CC=C=CC1)c1nc(-c2cccc(C3(C)CC3(C)/C=C\CC(C)C)c2)cc(N2CCN(C)CC2)n1.CC. The Morgan fingerprint density at radius 2 is 1.83 bits per heavy atom. The van der Waals surface area contributed by atoms with E-state index < -0.39 is 0 Å². The summed E-state index contributed by atoms with van der Waals surface area (Å²) in [7, 11) is 2.18. The molecule has 1 aromatic heterocycles. The van der Waals surface area contributed by atoms with Gasteiger partial charge in [0, 0.05) is 54.5 Å². The van der Waals surface area contributed by atoms with Crippen molar-refractivity contribution in [1.82, 2.24) is 14.9 Å². The lowest BCUT2D eigenvalue weighted by atomic mass is 9.87. The fourth-order valence-electron chi connectivity index (χ4n) is 6.09. The second kappa shape index (κ2) is 13.3. The molecule has 1 aliphatic heterocycles. The van der Waals surface area contributed by atoms with Crippen molar-refractivity contribution >= 4 is 11.4 Å². The average Bonchev–Trinajstić information content (AvgIpc) is 3.55. The van der Waals surface area contributed by atoms with Crippen LogP contribution < -0.4 is 10.6 Å². The van der Waals surface area contributed by atoms with E-state index in [0.29, 0.717) is 11.7 Å². The number of piperazine rings is 1. The lowest BCUT2D eigenvalue weighted by Crippen LogP contribution is -2.44. The van der Waals surface area contributed by atoms with Gasteiger partial charge in [0.15, 0.2) is 5.82 Å². The van der Waals surface area contributed by atoms with Crippen LogP contribution in [0.2, 0.25) is 0 Å². The zero-order valence-electron chi connectivity index (χ0n) is 27.2. The number of nitrogens with two attached hydrogens (primary N) is 1. The van der Waals surface area contributed by atoms with Crippen molar-refractivity contribution in [3.05, 3.63) is 89.1 Å². The van der Waals surface area contributed by atoms with E-state index >= 15 is 0 Å². The second-order valence-electron chi connectivity index (χ2n) is 12.8. The van der Waals surface area contributed by atoms with E-state index in [1.807, 2.05) is 32.9 Å². The molecule has 2 heterocycles. The number of nitrogens with zero attached hydrogens (tertiary/aromatic N) is 4. The van der Waals surface area contributed by atoms with Gasteiger partial charge < -0.3 is 15.5 Å².